The van der Waals surface area contributed by atoms with E-state index >= 15 is 0 Å². The van der Waals surface area contributed by atoms with E-state index in [1.54, 1.807) is 48.5 Å². The van der Waals surface area contributed by atoms with Gasteiger partial charge >= 0.3 is 6.03 Å². The molecule has 40 heavy (non-hydrogen) atoms. The van der Waals surface area contributed by atoms with Gasteiger partial charge in [-0.2, -0.15) is 0 Å². The quantitative estimate of drug-likeness (QED) is 0.207. The van der Waals surface area contributed by atoms with Crippen molar-refractivity contribution in [3.8, 4) is 17.2 Å². The SMILES string of the molecule is CCCOc1ccc(CN2C(=O)NC(=O)/C(=C\c3cc(Cl)ccc3OCc3ccc(Cl)cc3)C2=O)cc1OCC. The number of hydrogen-bond donors (Lipinski definition) is 1. The van der Waals surface area contributed by atoms with Gasteiger partial charge in [-0.15, -0.1) is 0 Å². The maximum Gasteiger partial charge on any atom is 0.331 e. The minimum atomic E-state index is -0.818. The Hall–Kier alpha value is -4.01. The fourth-order valence-electron chi connectivity index (χ4n) is 3.93. The summed E-state index contributed by atoms with van der Waals surface area (Å²) in [7, 11) is 0. The lowest BCUT2D eigenvalue weighted by molar-refractivity contribution is -0.130. The van der Waals surface area contributed by atoms with Crippen molar-refractivity contribution in [2.75, 3.05) is 13.2 Å². The maximum atomic E-state index is 13.4. The predicted molar refractivity (Wildman–Crippen MR) is 153 cm³/mol. The Morgan fingerprint density at radius 2 is 1.50 bits per heavy atom. The molecule has 1 aliphatic heterocycles. The highest BCUT2D eigenvalue weighted by atomic mass is 35.5. The number of carbonyl (C=O) groups excluding carboxylic acids is 3. The van der Waals surface area contributed by atoms with Crippen LogP contribution < -0.4 is 19.5 Å². The molecule has 1 saturated heterocycles. The third-order valence-corrected chi connectivity index (χ3v) is 6.36. The van der Waals surface area contributed by atoms with Gasteiger partial charge in [0.15, 0.2) is 11.5 Å². The molecule has 3 aromatic rings. The topological polar surface area (TPSA) is 94.2 Å². The zero-order chi connectivity index (χ0) is 28.6. The largest absolute Gasteiger partial charge is 0.490 e. The molecule has 0 aromatic heterocycles. The summed E-state index contributed by atoms with van der Waals surface area (Å²) in [5.41, 5.74) is 1.68. The van der Waals surface area contributed by atoms with Gasteiger partial charge < -0.3 is 14.2 Å². The van der Waals surface area contributed by atoms with Gasteiger partial charge in [-0.1, -0.05) is 48.3 Å². The number of urea groups is 1. The van der Waals surface area contributed by atoms with Crippen LogP contribution in [-0.2, 0) is 22.7 Å². The fraction of sp³-hybridized carbons (Fsp3) is 0.233. The van der Waals surface area contributed by atoms with Crippen molar-refractivity contribution in [2.45, 2.75) is 33.4 Å². The van der Waals surface area contributed by atoms with Crippen molar-refractivity contribution in [3.05, 3.63) is 93.0 Å². The van der Waals surface area contributed by atoms with Crippen LogP contribution in [0.3, 0.4) is 0 Å². The second-order valence-electron chi connectivity index (χ2n) is 8.87. The van der Waals surface area contributed by atoms with E-state index in [-0.39, 0.29) is 18.7 Å². The number of ether oxygens (including phenoxy) is 3. The molecule has 1 aliphatic rings. The van der Waals surface area contributed by atoms with Crippen LogP contribution in [0.4, 0.5) is 4.79 Å². The lowest BCUT2D eigenvalue weighted by atomic mass is 10.1. The van der Waals surface area contributed by atoms with Gasteiger partial charge in [0.2, 0.25) is 0 Å². The Labute approximate surface area is 242 Å². The fourth-order valence-corrected chi connectivity index (χ4v) is 4.24. The van der Waals surface area contributed by atoms with Gasteiger partial charge in [0.05, 0.1) is 19.8 Å². The maximum absolute atomic E-state index is 13.4. The Kier molecular flexibility index (Phi) is 9.69. The summed E-state index contributed by atoms with van der Waals surface area (Å²) in [6.45, 7) is 4.93. The Morgan fingerprint density at radius 3 is 2.23 bits per heavy atom. The molecule has 8 nitrogen and oxygen atoms in total. The number of halogens is 2. The van der Waals surface area contributed by atoms with Gasteiger partial charge in [0.25, 0.3) is 11.8 Å². The average molecular weight is 583 g/mol. The zero-order valence-corrected chi connectivity index (χ0v) is 23.6. The second-order valence-corrected chi connectivity index (χ2v) is 9.74. The first-order valence-corrected chi connectivity index (χ1v) is 13.5. The smallest absolute Gasteiger partial charge is 0.331 e. The minimum absolute atomic E-state index is 0.0844. The van der Waals surface area contributed by atoms with Crippen LogP contribution in [0.1, 0.15) is 37.0 Å². The molecule has 4 amide bonds. The van der Waals surface area contributed by atoms with Crippen molar-refractivity contribution in [1.82, 2.24) is 10.2 Å². The molecular weight excluding hydrogens is 555 g/mol. The molecule has 0 bridgehead atoms. The molecule has 0 aliphatic carbocycles. The van der Waals surface area contributed by atoms with Gasteiger partial charge in [-0.05, 0) is 73.0 Å². The monoisotopic (exact) mass is 582 g/mol. The standard InChI is InChI=1S/C30H28Cl2N2O6/c1-3-13-39-26-11-7-20(14-27(26)38-4-2)17-34-29(36)24(28(35)33-30(34)37)16-21-15-23(32)10-12-25(21)40-18-19-5-8-22(31)9-6-19/h5-12,14-16H,3-4,13,17-18H2,1-2H3,(H,33,35,37)/b24-16+. The molecule has 0 saturated carbocycles. The summed E-state index contributed by atoms with van der Waals surface area (Å²) in [5.74, 6) is -0.0777. The highest BCUT2D eigenvalue weighted by molar-refractivity contribution is 6.32. The van der Waals surface area contributed by atoms with Crippen LogP contribution in [0.15, 0.2) is 66.2 Å². The first kappa shape index (κ1) is 29.0. The van der Waals surface area contributed by atoms with E-state index in [4.69, 9.17) is 37.4 Å². The number of nitrogens with zero attached hydrogens (tertiary/aromatic N) is 1. The van der Waals surface area contributed by atoms with Crippen LogP contribution in [0.5, 0.6) is 17.2 Å². The zero-order valence-electron chi connectivity index (χ0n) is 22.0. The lowest BCUT2D eigenvalue weighted by Crippen LogP contribution is -2.53. The van der Waals surface area contributed by atoms with Gasteiger partial charge in [0, 0.05) is 15.6 Å². The molecule has 1 heterocycles. The summed E-state index contributed by atoms with van der Waals surface area (Å²) in [4.78, 5) is 39.8. The molecule has 0 atom stereocenters. The van der Waals surface area contributed by atoms with Crippen LogP contribution >= 0.6 is 23.2 Å². The van der Waals surface area contributed by atoms with Crippen molar-refractivity contribution in [1.29, 1.82) is 0 Å². The van der Waals surface area contributed by atoms with Crippen LogP contribution in [-0.4, -0.2) is 36.0 Å². The van der Waals surface area contributed by atoms with E-state index in [0.29, 0.717) is 51.6 Å². The molecule has 0 spiro atoms. The molecule has 10 heteroatoms. The number of nitrogens with one attached hydrogen (secondary N) is 1. The first-order valence-electron chi connectivity index (χ1n) is 12.7. The Morgan fingerprint density at radius 1 is 0.800 bits per heavy atom. The second kappa shape index (κ2) is 13.4. The third kappa shape index (κ3) is 7.14. The number of rotatable bonds is 11. The number of amides is 4. The summed E-state index contributed by atoms with van der Waals surface area (Å²) < 4.78 is 17.4. The van der Waals surface area contributed by atoms with Crippen LogP contribution in [0, 0.1) is 0 Å². The van der Waals surface area contributed by atoms with E-state index in [0.717, 1.165) is 16.9 Å². The van der Waals surface area contributed by atoms with Crippen LogP contribution in [0.25, 0.3) is 6.08 Å². The molecule has 1 N–H and O–H groups in total. The Balaban J connectivity index is 1.59. The van der Waals surface area contributed by atoms with E-state index in [1.165, 1.54) is 6.08 Å². The van der Waals surface area contributed by atoms with E-state index in [1.807, 2.05) is 26.0 Å². The number of imide groups is 2. The van der Waals surface area contributed by atoms with Crippen molar-refractivity contribution < 1.29 is 28.6 Å². The number of carbonyl (C=O) groups is 3. The van der Waals surface area contributed by atoms with Crippen molar-refractivity contribution in [2.24, 2.45) is 0 Å². The third-order valence-electron chi connectivity index (χ3n) is 5.88. The van der Waals surface area contributed by atoms with Crippen molar-refractivity contribution in [3.63, 3.8) is 0 Å². The lowest BCUT2D eigenvalue weighted by Gasteiger charge is -2.27. The molecular formula is C30H28Cl2N2O6. The minimum Gasteiger partial charge on any atom is -0.490 e. The normalized spacial score (nSPS) is 14.3. The van der Waals surface area contributed by atoms with E-state index < -0.39 is 17.8 Å². The number of benzene rings is 3. The van der Waals surface area contributed by atoms with Crippen molar-refractivity contribution >= 4 is 47.1 Å². The summed E-state index contributed by atoms with van der Waals surface area (Å²) in [6.07, 6.45) is 2.20. The molecule has 0 unspecified atom stereocenters. The molecule has 208 valence electrons. The Bertz CT molecular complexity index is 1440. The van der Waals surface area contributed by atoms with Gasteiger partial charge in [-0.3, -0.25) is 19.8 Å². The van der Waals surface area contributed by atoms with Gasteiger partial charge in [0.1, 0.15) is 17.9 Å². The number of hydrogen-bond acceptors (Lipinski definition) is 6. The highest BCUT2D eigenvalue weighted by Gasteiger charge is 2.36. The molecule has 0 radical (unpaired) electrons. The highest BCUT2D eigenvalue weighted by Crippen LogP contribution is 2.31. The summed E-state index contributed by atoms with van der Waals surface area (Å²) >= 11 is 12.2. The molecule has 4 rings (SSSR count). The van der Waals surface area contributed by atoms with Gasteiger partial charge in [-0.25, -0.2) is 4.79 Å². The number of barbiturate groups is 1. The first-order chi connectivity index (χ1) is 19.3. The predicted octanol–water partition coefficient (Wildman–Crippen LogP) is 6.42. The summed E-state index contributed by atoms with van der Waals surface area (Å²) in [5, 5.41) is 3.24. The molecule has 1 fully saturated rings. The van der Waals surface area contributed by atoms with Crippen LogP contribution in [0.2, 0.25) is 10.0 Å². The summed E-state index contributed by atoms with van der Waals surface area (Å²) in [6, 6.07) is 16.4. The van der Waals surface area contributed by atoms with E-state index in [2.05, 4.69) is 5.32 Å². The van der Waals surface area contributed by atoms with E-state index in [9.17, 15) is 14.4 Å². The average Bonchev–Trinajstić information content (AvgIpc) is 2.93. The molecule has 3 aromatic carbocycles.